The molecule has 5 heteroatoms. The summed E-state index contributed by atoms with van der Waals surface area (Å²) in [5.74, 6) is 0.201. The van der Waals surface area contributed by atoms with Crippen LogP contribution in [0.25, 0.3) is 0 Å². The van der Waals surface area contributed by atoms with Crippen LogP contribution in [0.15, 0.2) is 0 Å². The lowest BCUT2D eigenvalue weighted by Crippen LogP contribution is -2.48. The van der Waals surface area contributed by atoms with Gasteiger partial charge in [0.25, 0.3) is 0 Å². The van der Waals surface area contributed by atoms with Gasteiger partial charge >= 0.3 is 0 Å². The van der Waals surface area contributed by atoms with Crippen LogP contribution in [0, 0.1) is 5.92 Å². The summed E-state index contributed by atoms with van der Waals surface area (Å²) in [5, 5.41) is 12.1. The summed E-state index contributed by atoms with van der Waals surface area (Å²) in [4.78, 5) is 13.9. The fourth-order valence-electron chi connectivity index (χ4n) is 2.16. The van der Waals surface area contributed by atoms with E-state index in [0.717, 1.165) is 32.2 Å². The maximum atomic E-state index is 11.8. The second kappa shape index (κ2) is 6.33. The number of nitrogens with one attached hydrogen (secondary N) is 1. The van der Waals surface area contributed by atoms with Gasteiger partial charge in [-0.1, -0.05) is 0 Å². The smallest absolute Gasteiger partial charge is 0.223 e. The zero-order valence-electron chi connectivity index (χ0n) is 10.9. The van der Waals surface area contributed by atoms with Gasteiger partial charge in [0.2, 0.25) is 5.91 Å². The normalized spacial score (nSPS) is 29.4. The highest BCUT2D eigenvalue weighted by Gasteiger charge is 2.33. The van der Waals surface area contributed by atoms with Crippen LogP contribution < -0.4 is 11.1 Å². The van der Waals surface area contributed by atoms with E-state index >= 15 is 0 Å². The summed E-state index contributed by atoms with van der Waals surface area (Å²) in [6.45, 7) is 1.56. The average molecular weight is 243 g/mol. The van der Waals surface area contributed by atoms with Gasteiger partial charge in [-0.05, 0) is 39.8 Å². The first-order valence-electron chi connectivity index (χ1n) is 6.29. The predicted molar refractivity (Wildman–Crippen MR) is 67.5 cm³/mol. The molecular weight excluding hydrogens is 218 g/mol. The number of carbonyl (C=O) groups excluding carboxylic acids is 1. The quantitative estimate of drug-likeness (QED) is 0.611. The zero-order chi connectivity index (χ0) is 12.9. The molecule has 100 valence electrons. The van der Waals surface area contributed by atoms with E-state index in [1.165, 1.54) is 0 Å². The minimum absolute atomic E-state index is 0.0158. The monoisotopic (exact) mass is 243 g/mol. The van der Waals surface area contributed by atoms with Gasteiger partial charge < -0.3 is 21.1 Å². The molecule has 5 nitrogen and oxygen atoms in total. The summed E-state index contributed by atoms with van der Waals surface area (Å²) >= 11 is 0. The van der Waals surface area contributed by atoms with Crippen molar-refractivity contribution in [3.05, 3.63) is 0 Å². The zero-order valence-corrected chi connectivity index (χ0v) is 10.9. The van der Waals surface area contributed by atoms with E-state index in [0.29, 0.717) is 6.54 Å². The minimum Gasteiger partial charge on any atom is -0.394 e. The van der Waals surface area contributed by atoms with E-state index in [-0.39, 0.29) is 18.4 Å². The van der Waals surface area contributed by atoms with Gasteiger partial charge in [-0.25, -0.2) is 0 Å². The number of hydrogen-bond donors (Lipinski definition) is 3. The Morgan fingerprint density at radius 2 is 2.06 bits per heavy atom. The molecule has 1 rings (SSSR count). The topological polar surface area (TPSA) is 78.6 Å². The molecule has 1 aliphatic carbocycles. The first-order valence-corrected chi connectivity index (χ1v) is 6.29. The molecule has 0 saturated heterocycles. The van der Waals surface area contributed by atoms with Crippen molar-refractivity contribution in [2.24, 2.45) is 11.7 Å². The van der Waals surface area contributed by atoms with Crippen molar-refractivity contribution in [3.8, 4) is 0 Å². The minimum atomic E-state index is -0.458. The number of rotatable bonds is 5. The van der Waals surface area contributed by atoms with Gasteiger partial charge in [-0.2, -0.15) is 0 Å². The third kappa shape index (κ3) is 4.61. The predicted octanol–water partition coefficient (Wildman–Crippen LogP) is -0.456. The number of aliphatic hydroxyl groups is 1. The van der Waals surface area contributed by atoms with Gasteiger partial charge in [-0.15, -0.1) is 0 Å². The highest BCUT2D eigenvalue weighted by atomic mass is 16.3. The Morgan fingerprint density at radius 1 is 1.47 bits per heavy atom. The second-order valence-corrected chi connectivity index (χ2v) is 5.39. The average Bonchev–Trinajstić information content (AvgIpc) is 2.29. The van der Waals surface area contributed by atoms with Crippen molar-refractivity contribution in [3.63, 3.8) is 0 Å². The highest BCUT2D eigenvalue weighted by Crippen LogP contribution is 2.30. The van der Waals surface area contributed by atoms with Crippen molar-refractivity contribution in [2.45, 2.75) is 31.2 Å². The molecule has 0 aromatic carbocycles. The van der Waals surface area contributed by atoms with E-state index in [4.69, 9.17) is 10.8 Å². The van der Waals surface area contributed by atoms with Crippen LogP contribution in [0.3, 0.4) is 0 Å². The van der Waals surface area contributed by atoms with Gasteiger partial charge in [0.1, 0.15) is 0 Å². The Morgan fingerprint density at radius 3 is 2.53 bits per heavy atom. The van der Waals surface area contributed by atoms with Crippen molar-refractivity contribution in [2.75, 3.05) is 33.8 Å². The summed E-state index contributed by atoms with van der Waals surface area (Å²) in [5.41, 5.74) is 5.51. The SMILES string of the molecule is CN(C)CCNC(=O)C1CCC(N)(CO)CC1. The van der Waals surface area contributed by atoms with Crippen LogP contribution in [0.4, 0.5) is 0 Å². The first kappa shape index (κ1) is 14.4. The molecule has 1 aliphatic rings. The number of amides is 1. The van der Waals surface area contributed by atoms with Crippen molar-refractivity contribution >= 4 is 5.91 Å². The van der Waals surface area contributed by atoms with Crippen LogP contribution in [-0.4, -0.2) is 55.2 Å². The Balaban J connectivity index is 2.26. The molecule has 1 saturated carbocycles. The fraction of sp³-hybridized carbons (Fsp3) is 0.917. The Hall–Kier alpha value is -0.650. The van der Waals surface area contributed by atoms with Gasteiger partial charge in [0.05, 0.1) is 6.61 Å². The Labute approximate surface area is 103 Å². The molecule has 17 heavy (non-hydrogen) atoms. The maximum absolute atomic E-state index is 11.8. The van der Waals surface area contributed by atoms with E-state index < -0.39 is 5.54 Å². The van der Waals surface area contributed by atoms with Gasteiger partial charge in [-0.3, -0.25) is 4.79 Å². The lowest BCUT2D eigenvalue weighted by atomic mass is 9.77. The highest BCUT2D eigenvalue weighted by molar-refractivity contribution is 5.78. The molecule has 0 spiro atoms. The van der Waals surface area contributed by atoms with Crippen LogP contribution in [0.2, 0.25) is 0 Å². The van der Waals surface area contributed by atoms with E-state index in [1.54, 1.807) is 0 Å². The molecule has 0 aromatic heterocycles. The molecule has 0 aromatic rings. The number of carbonyl (C=O) groups is 1. The third-order valence-corrected chi connectivity index (χ3v) is 3.53. The fourth-order valence-corrected chi connectivity index (χ4v) is 2.16. The molecule has 0 atom stereocenters. The lowest BCUT2D eigenvalue weighted by Gasteiger charge is -2.35. The third-order valence-electron chi connectivity index (χ3n) is 3.53. The maximum Gasteiger partial charge on any atom is 0.223 e. The second-order valence-electron chi connectivity index (χ2n) is 5.39. The van der Waals surface area contributed by atoms with Crippen LogP contribution >= 0.6 is 0 Å². The number of likely N-dealkylation sites (N-methyl/N-ethyl adjacent to an activating group) is 1. The Kier molecular flexibility index (Phi) is 5.36. The van der Waals surface area contributed by atoms with E-state index in [2.05, 4.69) is 5.32 Å². The summed E-state index contributed by atoms with van der Waals surface area (Å²) < 4.78 is 0. The summed E-state index contributed by atoms with van der Waals surface area (Å²) in [6.07, 6.45) is 3.03. The molecule has 1 amide bonds. The van der Waals surface area contributed by atoms with Gasteiger partial charge in [0, 0.05) is 24.5 Å². The number of nitrogens with zero attached hydrogens (tertiary/aromatic N) is 1. The molecule has 0 heterocycles. The molecular formula is C12H25N3O2. The molecule has 0 bridgehead atoms. The van der Waals surface area contributed by atoms with Crippen LogP contribution in [0.1, 0.15) is 25.7 Å². The molecule has 4 N–H and O–H groups in total. The van der Waals surface area contributed by atoms with E-state index in [1.807, 2.05) is 19.0 Å². The van der Waals surface area contributed by atoms with Crippen LogP contribution in [-0.2, 0) is 4.79 Å². The van der Waals surface area contributed by atoms with Crippen molar-refractivity contribution in [1.82, 2.24) is 10.2 Å². The van der Waals surface area contributed by atoms with Gasteiger partial charge in [0.15, 0.2) is 0 Å². The molecule has 1 fully saturated rings. The van der Waals surface area contributed by atoms with Crippen molar-refractivity contribution in [1.29, 1.82) is 0 Å². The number of aliphatic hydroxyl groups excluding tert-OH is 1. The van der Waals surface area contributed by atoms with Crippen molar-refractivity contribution < 1.29 is 9.90 Å². The first-order chi connectivity index (χ1) is 7.97. The summed E-state index contributed by atoms with van der Waals surface area (Å²) in [7, 11) is 3.97. The number of nitrogens with two attached hydrogens (primary N) is 1. The lowest BCUT2D eigenvalue weighted by molar-refractivity contribution is -0.126. The number of hydrogen-bond acceptors (Lipinski definition) is 4. The standard InChI is InChI=1S/C12H25N3O2/c1-15(2)8-7-14-11(17)10-3-5-12(13,9-16)6-4-10/h10,16H,3-9,13H2,1-2H3,(H,14,17). The summed E-state index contributed by atoms with van der Waals surface area (Å²) in [6, 6.07) is 0. The molecule has 0 radical (unpaired) electrons. The molecule has 0 aliphatic heterocycles. The van der Waals surface area contributed by atoms with Crippen LogP contribution in [0.5, 0.6) is 0 Å². The van der Waals surface area contributed by atoms with E-state index in [9.17, 15) is 4.79 Å². The largest absolute Gasteiger partial charge is 0.394 e. The Bertz CT molecular complexity index is 248. The molecule has 0 unspecified atom stereocenters.